The molecule has 0 unspecified atom stereocenters. The van der Waals surface area contributed by atoms with E-state index in [0.717, 1.165) is 74.8 Å². The minimum atomic E-state index is -0.931. The number of anilines is 2. The van der Waals surface area contributed by atoms with E-state index in [1.54, 1.807) is 0 Å². The molecule has 13 heteroatoms. The summed E-state index contributed by atoms with van der Waals surface area (Å²) in [6, 6.07) is 26.5. The normalized spacial score (nSPS) is 9.86. The predicted molar refractivity (Wildman–Crippen MR) is 249 cm³/mol. The van der Waals surface area contributed by atoms with Gasteiger partial charge >= 0.3 is 34.5 Å². The Kier molecular flexibility index (Phi) is 27.3. The molecule has 6 nitrogen and oxygen atoms in total. The van der Waals surface area contributed by atoms with Crippen LogP contribution in [0.2, 0.25) is 0 Å². The van der Waals surface area contributed by atoms with Crippen LogP contribution in [0.1, 0.15) is 70.2 Å². The summed E-state index contributed by atoms with van der Waals surface area (Å²) in [4.78, 5) is 17.0. The van der Waals surface area contributed by atoms with Crippen LogP contribution in [0, 0.1) is 0 Å². The van der Waals surface area contributed by atoms with Gasteiger partial charge in [-0.3, -0.25) is 0 Å². The average molecular weight is 935 g/mol. The number of halogens is 4. The van der Waals surface area contributed by atoms with Gasteiger partial charge in [0.1, 0.15) is 26.2 Å². The molecule has 0 bridgehead atoms. The Labute approximate surface area is 372 Å². The quantitative estimate of drug-likeness (QED) is 0.0598. The second-order valence-electron chi connectivity index (χ2n) is 11.8. The molecule has 2 heterocycles. The first-order valence-corrected chi connectivity index (χ1v) is 28.8. The van der Waals surface area contributed by atoms with Crippen molar-refractivity contribution in [3.8, 4) is 21.1 Å². The first-order chi connectivity index (χ1) is 25.8. The summed E-state index contributed by atoms with van der Waals surface area (Å²) in [6.45, 7) is 25.8. The van der Waals surface area contributed by atoms with Gasteiger partial charge in [-0.05, 0) is 104 Å². The van der Waals surface area contributed by atoms with Gasteiger partial charge in [-0.1, -0.05) is 14.9 Å². The molecule has 2 aliphatic carbocycles. The molecule has 0 saturated carbocycles. The third kappa shape index (κ3) is 14.0. The van der Waals surface area contributed by atoms with E-state index in [9.17, 15) is 0 Å². The van der Waals surface area contributed by atoms with E-state index in [4.69, 9.17) is 29.4 Å². The standard InChI is InChI=1S/2C20H26N3S.CH3Cl.2CH4.3ClH.Zn/c2*1-5-22(6-2)15-9-11-17-19(13-15)24-20-14-16(23(7-3)8-4)10-12-18(20)21-17;1-2;;;;;;/h2*9-14H,5-8H2,1-4H3;1H3;2*1H4;3*1H;/q2*+1;;;;;;;+2/p-3. The van der Waals surface area contributed by atoms with Gasteiger partial charge in [-0.2, -0.15) is 0 Å². The number of benzene rings is 4. The Morgan fingerprint density at radius 2 is 0.857 bits per heavy atom. The number of aromatic nitrogens is 2. The summed E-state index contributed by atoms with van der Waals surface area (Å²) < 4.78 is 7.26. The second kappa shape index (κ2) is 28.3. The van der Waals surface area contributed by atoms with Crippen LogP contribution >= 0.6 is 53.7 Å². The monoisotopic (exact) mass is 931 g/mol. The number of hydrogen-bond acceptors (Lipinski definition) is 6. The first-order valence-electron chi connectivity index (χ1n) is 18.7. The molecule has 0 aromatic heterocycles. The molecule has 56 heavy (non-hydrogen) atoms. The van der Waals surface area contributed by atoms with Crippen molar-refractivity contribution in [3.63, 3.8) is 0 Å². The van der Waals surface area contributed by atoms with Crippen molar-refractivity contribution in [2.45, 2.75) is 70.2 Å². The molecule has 0 radical (unpaired) electrons. The Morgan fingerprint density at radius 1 is 0.536 bits per heavy atom. The van der Waals surface area contributed by atoms with E-state index in [1.807, 2.05) is 22.7 Å². The summed E-state index contributed by atoms with van der Waals surface area (Å²) in [7, 11) is 9.90. The van der Waals surface area contributed by atoms with Gasteiger partial charge in [-0.15, -0.1) is 34.3 Å². The van der Waals surface area contributed by atoms with Crippen molar-refractivity contribution in [2.24, 2.45) is 0 Å². The van der Waals surface area contributed by atoms with Crippen molar-refractivity contribution in [2.75, 3.05) is 68.5 Å². The van der Waals surface area contributed by atoms with Crippen LogP contribution < -0.4 is 42.1 Å². The van der Waals surface area contributed by atoms with E-state index < -0.39 is 15.1 Å². The molecule has 4 aliphatic rings. The van der Waals surface area contributed by atoms with Crippen molar-refractivity contribution in [1.82, 2.24) is 19.1 Å². The van der Waals surface area contributed by atoms with Gasteiger partial charge in [0.25, 0.3) is 0 Å². The summed E-state index contributed by atoms with van der Waals surface area (Å²) in [6.07, 6.45) is 1.47. The molecule has 2 aromatic rings. The molecule has 0 saturated heterocycles. The van der Waals surface area contributed by atoms with Gasteiger partial charge in [0.15, 0.2) is 0 Å². The predicted octanol–water partition coefficient (Wildman–Crippen LogP) is 8.63. The van der Waals surface area contributed by atoms with Gasteiger partial charge in [-0.25, -0.2) is 19.1 Å². The molecule has 0 N–H and O–H groups in total. The Balaban J connectivity index is 0.000000925. The van der Waals surface area contributed by atoms with E-state index in [1.165, 1.54) is 47.6 Å². The Morgan fingerprint density at radius 3 is 1.14 bits per heavy atom. The van der Waals surface area contributed by atoms with Gasteiger partial charge in [0.2, 0.25) is 10.7 Å². The Bertz CT molecular complexity index is 1940. The maximum atomic E-state index is 4.95. The molecule has 0 atom stereocenters. The third-order valence-corrected chi connectivity index (χ3v) is 11.4. The molecule has 306 valence electrons. The summed E-state index contributed by atoms with van der Waals surface area (Å²) in [5.74, 6) is 0. The number of nitrogens with zero attached hydrogens (tertiary/aromatic N) is 6. The fourth-order valence-electron chi connectivity index (χ4n) is 6.35. The maximum absolute atomic E-state index is 4.95. The molecule has 0 spiro atoms. The molecule has 0 amide bonds. The van der Waals surface area contributed by atoms with Crippen LogP contribution in [0.4, 0.5) is 11.4 Å². The first kappa shape index (κ1) is 53.9. The van der Waals surface area contributed by atoms with Crippen molar-refractivity contribution in [3.05, 3.63) is 83.5 Å². The summed E-state index contributed by atoms with van der Waals surface area (Å²) in [5.41, 5.74) is 6.89. The number of fused-ring (bicyclic) bond motifs is 4. The zero-order valence-electron chi connectivity index (χ0n) is 33.3. The zero-order chi connectivity index (χ0) is 38.9. The van der Waals surface area contributed by atoms with Crippen molar-refractivity contribution < 1.29 is 27.6 Å². The topological polar surface area (TPSA) is 38.3 Å². The van der Waals surface area contributed by atoms with E-state index in [-0.39, 0.29) is 27.3 Å². The SMILES string of the molecule is C.C.CCN(CC)c1ccc2nc3ccc(=[N+](CC)CC)cc-3sc2c1.CCN(CC)c1ccc2nc3ccc(=[N+](CC)CC)cc-3sc2c1.CCl.[Cl-].[Cl][Zn][Cl]. The van der Waals surface area contributed by atoms with Crippen LogP contribution in [-0.2, 0) is 15.1 Å². The Hall–Kier alpha value is -2.10. The van der Waals surface area contributed by atoms with Gasteiger partial charge in [0.05, 0.1) is 41.6 Å². The molecule has 2 aliphatic heterocycles. The van der Waals surface area contributed by atoms with Gasteiger partial charge < -0.3 is 22.2 Å². The summed E-state index contributed by atoms with van der Waals surface area (Å²) >= 11 is 7.39. The number of alkyl halides is 1. The van der Waals surface area contributed by atoms with Crippen molar-refractivity contribution in [1.29, 1.82) is 0 Å². The summed E-state index contributed by atoms with van der Waals surface area (Å²) in [5, 5.41) is 2.56. The van der Waals surface area contributed by atoms with Gasteiger partial charge in [0, 0.05) is 68.2 Å². The average Bonchev–Trinajstić information content (AvgIpc) is 3.19. The second-order valence-corrected chi connectivity index (χ2v) is 18.6. The fraction of sp³-hybridized carbons (Fsp3) is 0.442. The van der Waals surface area contributed by atoms with E-state index >= 15 is 0 Å². The zero-order valence-corrected chi connectivity index (χ0v) is 40.9. The van der Waals surface area contributed by atoms with Crippen LogP contribution in [0.25, 0.3) is 41.6 Å². The minimum absolute atomic E-state index is 0. The molecule has 0 fully saturated rings. The molecular weight excluding hydrogens is 872 g/mol. The number of hydrogen-bond donors (Lipinski definition) is 0. The van der Waals surface area contributed by atoms with Crippen LogP contribution in [0.5, 0.6) is 0 Å². The van der Waals surface area contributed by atoms with Crippen molar-refractivity contribution >= 4 is 85.5 Å². The van der Waals surface area contributed by atoms with E-state index in [2.05, 4.69) is 159 Å². The number of rotatable bonds is 10. The van der Waals surface area contributed by atoms with Crippen LogP contribution in [0.3, 0.4) is 0 Å². The van der Waals surface area contributed by atoms with Crippen LogP contribution in [0.15, 0.2) is 72.8 Å². The molecule has 2 aromatic carbocycles. The van der Waals surface area contributed by atoms with Crippen LogP contribution in [-0.4, -0.2) is 68.7 Å². The van der Waals surface area contributed by atoms with E-state index in [0.29, 0.717) is 0 Å². The molecule has 6 rings (SSSR count). The molecular formula is C43H63Cl4N6S2Zn+. The fourth-order valence-corrected chi connectivity index (χ4v) is 8.41. The third-order valence-electron chi connectivity index (χ3n) is 9.21.